The van der Waals surface area contributed by atoms with Gasteiger partial charge in [-0.1, -0.05) is 221 Å². The quantitative estimate of drug-likeness (QED) is 0.0262. The van der Waals surface area contributed by atoms with Crippen molar-refractivity contribution in [2.24, 2.45) is 0 Å². The van der Waals surface area contributed by atoms with Crippen LogP contribution in [0, 0.1) is 0 Å². The second kappa shape index (κ2) is 54.9. The van der Waals surface area contributed by atoms with Crippen LogP contribution in [0.1, 0.15) is 252 Å². The minimum atomic E-state index is -0.815. The lowest BCUT2D eigenvalue weighted by molar-refractivity contribution is -0.166. The summed E-state index contributed by atoms with van der Waals surface area (Å²) in [5.74, 6) is -1.01. The molecule has 6 heteroatoms. The lowest BCUT2D eigenvalue weighted by atomic mass is 10.1. The maximum atomic E-state index is 12.8. The molecule has 67 heavy (non-hydrogen) atoms. The molecule has 0 fully saturated rings. The third-order valence-corrected chi connectivity index (χ3v) is 11.6. The summed E-state index contributed by atoms with van der Waals surface area (Å²) in [7, 11) is 0. The molecule has 6 nitrogen and oxygen atoms in total. The zero-order valence-corrected chi connectivity index (χ0v) is 43.6. The topological polar surface area (TPSA) is 78.9 Å². The summed E-state index contributed by atoms with van der Waals surface area (Å²) in [5.41, 5.74) is 0. The van der Waals surface area contributed by atoms with E-state index in [0.29, 0.717) is 19.3 Å². The van der Waals surface area contributed by atoms with Gasteiger partial charge in [-0.3, -0.25) is 14.4 Å². The molecule has 0 aliphatic carbocycles. The average Bonchev–Trinajstić information content (AvgIpc) is 3.33. The average molecular weight is 931 g/mol. The lowest BCUT2D eigenvalue weighted by Crippen LogP contribution is -2.30. The van der Waals surface area contributed by atoms with Gasteiger partial charge in [0.1, 0.15) is 13.2 Å². The van der Waals surface area contributed by atoms with Crippen molar-refractivity contribution < 1.29 is 28.6 Å². The minimum absolute atomic E-state index is 0.107. The first kappa shape index (κ1) is 63.3. The summed E-state index contributed by atoms with van der Waals surface area (Å²) in [6, 6.07) is 0. The van der Waals surface area contributed by atoms with Crippen molar-refractivity contribution in [3.8, 4) is 0 Å². The Bertz CT molecular complexity index is 1350. The Morgan fingerprint density at radius 2 is 0.612 bits per heavy atom. The maximum Gasteiger partial charge on any atom is 0.306 e. The number of esters is 3. The highest BCUT2D eigenvalue weighted by atomic mass is 16.6. The number of ether oxygens (including phenoxy) is 3. The van der Waals surface area contributed by atoms with Gasteiger partial charge in [-0.2, -0.15) is 0 Å². The fraction of sp³-hybridized carbons (Fsp3) is 0.689. The number of carbonyl (C=O) groups excluding carboxylic acids is 3. The van der Waals surface area contributed by atoms with Crippen molar-refractivity contribution in [3.63, 3.8) is 0 Å². The van der Waals surface area contributed by atoms with E-state index in [1.54, 1.807) is 0 Å². The van der Waals surface area contributed by atoms with Crippen molar-refractivity contribution in [2.75, 3.05) is 13.2 Å². The number of carbonyl (C=O) groups is 3. The highest BCUT2D eigenvalue weighted by molar-refractivity contribution is 5.71. The minimum Gasteiger partial charge on any atom is -0.462 e. The number of hydrogen-bond donors (Lipinski definition) is 0. The molecule has 0 aliphatic rings. The van der Waals surface area contributed by atoms with Gasteiger partial charge in [0.05, 0.1) is 0 Å². The second-order valence-corrected chi connectivity index (χ2v) is 18.1. The van der Waals surface area contributed by atoms with Gasteiger partial charge in [-0.05, 0) is 109 Å². The molecule has 0 amide bonds. The summed E-state index contributed by atoms with van der Waals surface area (Å²) in [6.45, 7) is 6.43. The monoisotopic (exact) mass is 931 g/mol. The molecular weight excluding hydrogens is 829 g/mol. The van der Waals surface area contributed by atoms with Crippen molar-refractivity contribution in [3.05, 3.63) is 97.2 Å². The van der Waals surface area contributed by atoms with E-state index in [0.717, 1.165) is 89.9 Å². The first-order valence-corrected chi connectivity index (χ1v) is 27.7. The lowest BCUT2D eigenvalue weighted by Gasteiger charge is -2.18. The standard InChI is InChI=1S/C61H102O6/c1-4-7-10-13-16-19-22-25-28-29-30-31-34-36-39-42-45-48-51-54-60(63)66-57-58(67-61(64)55-52-49-46-43-40-37-33-27-24-21-18-15-12-9-6-3)56-65-59(62)53-50-47-44-41-38-35-32-26-23-20-17-14-11-8-5-2/h7,10,16,19-20,23,25,27-28,30-31,33,36,39,45,48,58H,4-6,8-9,11-15,17-18,21-22,24,26,29,32,34-35,37-38,40-44,46-47,49-57H2,1-3H3/b10-7-,19-16-,23-20-,28-25-,31-30-,33-27-,39-36-,48-45-/t58-/m0/s1. The highest BCUT2D eigenvalue weighted by Gasteiger charge is 2.19. The van der Waals surface area contributed by atoms with Crippen LogP contribution < -0.4 is 0 Å². The summed E-state index contributed by atoms with van der Waals surface area (Å²) in [4.78, 5) is 38.1. The zero-order chi connectivity index (χ0) is 48.6. The predicted molar refractivity (Wildman–Crippen MR) is 288 cm³/mol. The van der Waals surface area contributed by atoms with E-state index in [4.69, 9.17) is 14.2 Å². The highest BCUT2D eigenvalue weighted by Crippen LogP contribution is 2.14. The fourth-order valence-electron chi connectivity index (χ4n) is 7.40. The number of hydrogen-bond acceptors (Lipinski definition) is 6. The van der Waals surface area contributed by atoms with Crippen LogP contribution in [0.2, 0.25) is 0 Å². The van der Waals surface area contributed by atoms with E-state index in [2.05, 4.69) is 112 Å². The summed E-state index contributed by atoms with van der Waals surface area (Å²) >= 11 is 0. The number of unbranched alkanes of at least 4 members (excludes halogenated alkanes) is 22. The molecule has 0 saturated heterocycles. The van der Waals surface area contributed by atoms with E-state index >= 15 is 0 Å². The van der Waals surface area contributed by atoms with Crippen molar-refractivity contribution >= 4 is 17.9 Å². The molecule has 1 atom stereocenters. The molecule has 0 aliphatic heterocycles. The first-order valence-electron chi connectivity index (χ1n) is 27.7. The Hall–Kier alpha value is -3.67. The van der Waals surface area contributed by atoms with Crippen LogP contribution in [0.25, 0.3) is 0 Å². The van der Waals surface area contributed by atoms with Gasteiger partial charge in [0.15, 0.2) is 6.10 Å². The fourth-order valence-corrected chi connectivity index (χ4v) is 7.40. The van der Waals surface area contributed by atoms with E-state index in [1.165, 1.54) is 116 Å². The third kappa shape index (κ3) is 53.2. The Kier molecular flexibility index (Phi) is 51.9. The molecule has 382 valence electrons. The molecule has 0 aromatic heterocycles. The Morgan fingerprint density at radius 1 is 0.313 bits per heavy atom. The van der Waals surface area contributed by atoms with Crippen molar-refractivity contribution in [2.45, 2.75) is 258 Å². The Labute approximate surface area is 413 Å². The van der Waals surface area contributed by atoms with Crippen LogP contribution in [0.4, 0.5) is 0 Å². The maximum absolute atomic E-state index is 12.8. The van der Waals surface area contributed by atoms with Crippen LogP contribution in [0.15, 0.2) is 97.2 Å². The van der Waals surface area contributed by atoms with Crippen molar-refractivity contribution in [1.82, 2.24) is 0 Å². The van der Waals surface area contributed by atoms with Crippen molar-refractivity contribution in [1.29, 1.82) is 0 Å². The van der Waals surface area contributed by atoms with Gasteiger partial charge < -0.3 is 14.2 Å². The molecule has 0 N–H and O–H groups in total. The Morgan fingerprint density at radius 3 is 1.01 bits per heavy atom. The zero-order valence-electron chi connectivity index (χ0n) is 43.6. The molecule has 0 aromatic carbocycles. The third-order valence-electron chi connectivity index (χ3n) is 11.6. The van der Waals surface area contributed by atoms with Gasteiger partial charge in [-0.25, -0.2) is 0 Å². The molecule has 0 saturated carbocycles. The van der Waals surface area contributed by atoms with E-state index in [1.807, 2.05) is 6.08 Å². The van der Waals surface area contributed by atoms with Gasteiger partial charge in [-0.15, -0.1) is 0 Å². The van der Waals surface area contributed by atoms with E-state index in [-0.39, 0.29) is 37.5 Å². The van der Waals surface area contributed by atoms with Crippen LogP contribution in [-0.4, -0.2) is 37.2 Å². The molecule has 0 rings (SSSR count). The van der Waals surface area contributed by atoms with E-state index in [9.17, 15) is 14.4 Å². The molecule has 0 radical (unpaired) electrons. The largest absolute Gasteiger partial charge is 0.462 e. The summed E-state index contributed by atoms with van der Waals surface area (Å²) in [5, 5.41) is 0. The molecule has 0 aromatic rings. The molecule has 0 spiro atoms. The molecule has 0 heterocycles. The van der Waals surface area contributed by atoms with Gasteiger partial charge in [0.2, 0.25) is 0 Å². The summed E-state index contributed by atoms with van der Waals surface area (Å²) in [6.07, 6.45) is 72.6. The second-order valence-electron chi connectivity index (χ2n) is 18.1. The van der Waals surface area contributed by atoms with Crippen LogP contribution in [0.3, 0.4) is 0 Å². The van der Waals surface area contributed by atoms with Gasteiger partial charge >= 0.3 is 17.9 Å². The molecule has 0 unspecified atom stereocenters. The van der Waals surface area contributed by atoms with Gasteiger partial charge in [0, 0.05) is 19.3 Å². The smallest absolute Gasteiger partial charge is 0.306 e. The predicted octanol–water partition coefficient (Wildman–Crippen LogP) is 18.5. The molecule has 0 bridgehead atoms. The van der Waals surface area contributed by atoms with Crippen LogP contribution in [0.5, 0.6) is 0 Å². The number of allylic oxidation sites excluding steroid dienone is 16. The molecular formula is C61H102O6. The number of rotatable bonds is 49. The first-order chi connectivity index (χ1) is 33.0. The normalized spacial score (nSPS) is 12.8. The van der Waals surface area contributed by atoms with Crippen LogP contribution >= 0.6 is 0 Å². The SMILES string of the molecule is CC/C=C\C/C=C\C/C=C\C/C=C\C/C=C\C/C=C\CCC(=O)OC[C@H](COC(=O)CCCCCCCCC/C=C\CCCCCC)OC(=O)CCCCCCC/C=C\CCCCCCCC. The van der Waals surface area contributed by atoms with Crippen LogP contribution in [-0.2, 0) is 28.6 Å². The summed E-state index contributed by atoms with van der Waals surface area (Å²) < 4.78 is 16.8. The van der Waals surface area contributed by atoms with E-state index < -0.39 is 6.10 Å². The van der Waals surface area contributed by atoms with Gasteiger partial charge in [0.25, 0.3) is 0 Å². The Balaban J connectivity index is 4.52.